The van der Waals surface area contributed by atoms with Crippen LogP contribution in [0, 0.1) is 0 Å². The minimum Gasteiger partial charge on any atom is -0.369 e. The normalized spacial score (nSPS) is 16.1. The lowest BCUT2D eigenvalue weighted by Gasteiger charge is -2.28. The minimum atomic E-state index is 0.824. The second-order valence-corrected chi connectivity index (χ2v) is 3.86. The van der Waals surface area contributed by atoms with E-state index in [-0.39, 0.29) is 0 Å². The van der Waals surface area contributed by atoms with E-state index in [4.69, 9.17) is 11.6 Å². The van der Waals surface area contributed by atoms with Crippen LogP contribution in [0.2, 0.25) is 0 Å². The molecule has 0 fully saturated rings. The molecule has 13 heavy (non-hydrogen) atoms. The number of hydrogen-bond acceptors (Lipinski definition) is 1. The molecule has 0 aliphatic carbocycles. The molecular weight excluding hydrogens is 182 g/mol. The fourth-order valence-electron chi connectivity index (χ4n) is 1.68. The second-order valence-electron chi connectivity index (χ2n) is 3.40. The zero-order chi connectivity index (χ0) is 9.42. The first-order valence-corrected chi connectivity index (χ1v) is 4.73. The first-order valence-electron chi connectivity index (χ1n) is 4.36. The van der Waals surface area contributed by atoms with Gasteiger partial charge in [0.15, 0.2) is 0 Å². The Hall–Kier alpha value is -0.950. The van der Waals surface area contributed by atoms with E-state index in [9.17, 15) is 0 Å². The highest BCUT2D eigenvalue weighted by atomic mass is 35.5. The standard InChI is InChI=1S/C11H12ClN/c1-8-9-5-3-4-6-11(9)13(2)7-10(8)12/h3-6H,7H2,1-2H3. The summed E-state index contributed by atoms with van der Waals surface area (Å²) in [5.41, 5.74) is 3.72. The van der Waals surface area contributed by atoms with Crippen molar-refractivity contribution in [2.75, 3.05) is 18.5 Å². The van der Waals surface area contributed by atoms with Crippen LogP contribution in [-0.2, 0) is 0 Å². The molecule has 1 nitrogen and oxygen atoms in total. The lowest BCUT2D eigenvalue weighted by atomic mass is 10.0. The smallest absolute Gasteiger partial charge is 0.0536 e. The topological polar surface area (TPSA) is 3.24 Å². The van der Waals surface area contributed by atoms with E-state index < -0.39 is 0 Å². The van der Waals surface area contributed by atoms with Crippen LogP contribution in [-0.4, -0.2) is 13.6 Å². The van der Waals surface area contributed by atoms with Crippen molar-refractivity contribution in [3.05, 3.63) is 34.9 Å². The number of para-hydroxylation sites is 1. The van der Waals surface area contributed by atoms with Gasteiger partial charge in [-0.3, -0.25) is 0 Å². The molecule has 2 heteroatoms. The fraction of sp³-hybridized carbons (Fsp3) is 0.273. The Bertz CT molecular complexity index is 368. The van der Waals surface area contributed by atoms with E-state index in [2.05, 4.69) is 37.1 Å². The zero-order valence-corrected chi connectivity index (χ0v) is 8.60. The molecule has 0 atom stereocenters. The highest BCUT2D eigenvalue weighted by molar-refractivity contribution is 6.33. The Balaban J connectivity index is 2.62. The van der Waals surface area contributed by atoms with Crippen molar-refractivity contribution in [1.82, 2.24) is 0 Å². The number of anilines is 1. The first-order chi connectivity index (χ1) is 6.20. The van der Waals surface area contributed by atoms with Crippen molar-refractivity contribution in [2.45, 2.75) is 6.92 Å². The monoisotopic (exact) mass is 193 g/mol. The number of benzene rings is 1. The van der Waals surface area contributed by atoms with Crippen molar-refractivity contribution in [3.8, 4) is 0 Å². The van der Waals surface area contributed by atoms with E-state index >= 15 is 0 Å². The Labute approximate surface area is 83.6 Å². The van der Waals surface area contributed by atoms with Crippen LogP contribution in [0.3, 0.4) is 0 Å². The maximum Gasteiger partial charge on any atom is 0.0536 e. The molecule has 0 unspecified atom stereocenters. The molecule has 0 amide bonds. The van der Waals surface area contributed by atoms with Gasteiger partial charge in [0.1, 0.15) is 0 Å². The molecule has 1 heterocycles. The van der Waals surface area contributed by atoms with Gasteiger partial charge in [0.2, 0.25) is 0 Å². The van der Waals surface area contributed by atoms with E-state index in [0.29, 0.717) is 0 Å². The van der Waals surface area contributed by atoms with Gasteiger partial charge in [-0.25, -0.2) is 0 Å². The molecule has 0 N–H and O–H groups in total. The average Bonchev–Trinajstić information content (AvgIpc) is 2.15. The van der Waals surface area contributed by atoms with Crippen LogP contribution >= 0.6 is 11.6 Å². The molecular formula is C11H12ClN. The summed E-state index contributed by atoms with van der Waals surface area (Å²) in [4.78, 5) is 2.17. The number of fused-ring (bicyclic) bond motifs is 1. The summed E-state index contributed by atoms with van der Waals surface area (Å²) < 4.78 is 0. The zero-order valence-electron chi connectivity index (χ0n) is 7.84. The third kappa shape index (κ3) is 1.33. The molecule has 1 aromatic rings. The molecule has 0 radical (unpaired) electrons. The summed E-state index contributed by atoms with van der Waals surface area (Å²) in [6, 6.07) is 8.35. The van der Waals surface area contributed by atoms with Crippen LogP contribution in [0.25, 0.3) is 5.57 Å². The van der Waals surface area contributed by atoms with Gasteiger partial charge in [0.25, 0.3) is 0 Å². The molecule has 0 bridgehead atoms. The average molecular weight is 194 g/mol. The molecule has 0 saturated heterocycles. The van der Waals surface area contributed by atoms with Crippen molar-refractivity contribution in [3.63, 3.8) is 0 Å². The second kappa shape index (κ2) is 3.08. The maximum atomic E-state index is 6.13. The molecule has 68 valence electrons. The Morgan fingerprint density at radius 2 is 2.00 bits per heavy atom. The van der Waals surface area contributed by atoms with Crippen molar-refractivity contribution < 1.29 is 0 Å². The van der Waals surface area contributed by atoms with Gasteiger partial charge < -0.3 is 4.90 Å². The Kier molecular flexibility index (Phi) is 2.04. The molecule has 1 aliphatic heterocycles. The van der Waals surface area contributed by atoms with Gasteiger partial charge in [-0.2, -0.15) is 0 Å². The van der Waals surface area contributed by atoms with Gasteiger partial charge in [-0.1, -0.05) is 29.8 Å². The van der Waals surface area contributed by atoms with Gasteiger partial charge in [0.05, 0.1) is 6.54 Å². The number of hydrogen-bond donors (Lipinski definition) is 0. The molecule has 0 aromatic heterocycles. The minimum absolute atomic E-state index is 0.824. The van der Waals surface area contributed by atoms with Gasteiger partial charge in [0, 0.05) is 23.3 Å². The van der Waals surface area contributed by atoms with Gasteiger partial charge in [-0.05, 0) is 18.6 Å². The number of nitrogens with zero attached hydrogens (tertiary/aromatic N) is 1. The van der Waals surface area contributed by atoms with E-state index in [0.717, 1.165) is 11.6 Å². The fourth-order valence-corrected chi connectivity index (χ4v) is 1.96. The lowest BCUT2D eigenvalue weighted by molar-refractivity contribution is 0.999. The van der Waals surface area contributed by atoms with Gasteiger partial charge in [-0.15, -0.1) is 0 Å². The van der Waals surface area contributed by atoms with Crippen molar-refractivity contribution in [1.29, 1.82) is 0 Å². The first kappa shape index (κ1) is 8.64. The SMILES string of the molecule is CC1=C(Cl)CN(C)c2ccccc21. The van der Waals surface area contributed by atoms with E-state index in [1.165, 1.54) is 16.8 Å². The summed E-state index contributed by atoms with van der Waals surface area (Å²) in [5.74, 6) is 0. The highest BCUT2D eigenvalue weighted by Crippen LogP contribution is 2.34. The molecule has 0 spiro atoms. The van der Waals surface area contributed by atoms with Crippen LogP contribution in [0.4, 0.5) is 5.69 Å². The summed E-state index contributed by atoms with van der Waals surface area (Å²) in [7, 11) is 2.06. The van der Waals surface area contributed by atoms with E-state index in [1.54, 1.807) is 0 Å². The summed E-state index contributed by atoms with van der Waals surface area (Å²) >= 11 is 6.13. The highest BCUT2D eigenvalue weighted by Gasteiger charge is 2.17. The van der Waals surface area contributed by atoms with E-state index in [1.807, 2.05) is 6.07 Å². The number of likely N-dealkylation sites (N-methyl/N-ethyl adjacent to an activating group) is 1. The molecule has 1 aromatic carbocycles. The molecule has 2 rings (SSSR count). The maximum absolute atomic E-state index is 6.13. The summed E-state index contributed by atoms with van der Waals surface area (Å²) in [5, 5.41) is 0.946. The van der Waals surface area contributed by atoms with Crippen LogP contribution in [0.5, 0.6) is 0 Å². The summed E-state index contributed by atoms with van der Waals surface area (Å²) in [6.07, 6.45) is 0. The number of halogens is 1. The molecule has 1 aliphatic rings. The van der Waals surface area contributed by atoms with Crippen LogP contribution in [0.1, 0.15) is 12.5 Å². The lowest BCUT2D eigenvalue weighted by Crippen LogP contribution is -2.23. The quantitative estimate of drug-likeness (QED) is 0.612. The third-order valence-corrected chi connectivity index (χ3v) is 2.91. The van der Waals surface area contributed by atoms with Crippen molar-refractivity contribution >= 4 is 22.9 Å². The van der Waals surface area contributed by atoms with Crippen molar-refractivity contribution in [2.24, 2.45) is 0 Å². The third-order valence-electron chi connectivity index (χ3n) is 2.50. The summed E-state index contributed by atoms with van der Waals surface area (Å²) in [6.45, 7) is 2.90. The Morgan fingerprint density at radius 3 is 2.77 bits per heavy atom. The number of allylic oxidation sites excluding steroid dienone is 1. The van der Waals surface area contributed by atoms with Crippen LogP contribution in [0.15, 0.2) is 29.3 Å². The predicted molar refractivity (Wildman–Crippen MR) is 58.2 cm³/mol. The number of rotatable bonds is 0. The van der Waals surface area contributed by atoms with Crippen LogP contribution < -0.4 is 4.90 Å². The largest absolute Gasteiger partial charge is 0.369 e. The van der Waals surface area contributed by atoms with Gasteiger partial charge >= 0.3 is 0 Å². The Morgan fingerprint density at radius 1 is 1.31 bits per heavy atom. The predicted octanol–water partition coefficient (Wildman–Crippen LogP) is 3.11. The molecule has 0 saturated carbocycles.